The highest BCUT2D eigenvalue weighted by Crippen LogP contribution is 2.08. The second kappa shape index (κ2) is 4.53. The quantitative estimate of drug-likeness (QED) is 0.775. The zero-order chi connectivity index (χ0) is 9.80. The third kappa shape index (κ3) is 2.53. The molecule has 14 heavy (non-hydrogen) atoms. The average molecular weight is 195 g/mol. The van der Waals surface area contributed by atoms with E-state index in [1.807, 2.05) is 0 Å². The predicted octanol–water partition coefficient (Wildman–Crippen LogP) is 1.70. The lowest BCUT2D eigenvalue weighted by atomic mass is 10.1. The van der Waals surface area contributed by atoms with Gasteiger partial charge in [0.1, 0.15) is 12.0 Å². The van der Waals surface area contributed by atoms with Gasteiger partial charge in [-0.2, -0.15) is 0 Å². The van der Waals surface area contributed by atoms with Crippen LogP contribution in [-0.2, 0) is 11.2 Å². The van der Waals surface area contributed by atoms with E-state index in [1.165, 1.54) is 12.1 Å². The third-order valence-corrected chi connectivity index (χ3v) is 2.35. The highest BCUT2D eigenvalue weighted by atomic mass is 19.1. The molecule has 2 nitrogen and oxygen atoms in total. The maximum atomic E-state index is 12.6. The Labute approximate surface area is 83.1 Å². The van der Waals surface area contributed by atoms with Crippen LogP contribution in [0.2, 0.25) is 0 Å². The van der Waals surface area contributed by atoms with Gasteiger partial charge in [-0.15, -0.1) is 0 Å². The smallest absolute Gasteiger partial charge is 0.123 e. The minimum atomic E-state index is -0.189. The van der Waals surface area contributed by atoms with Crippen LogP contribution >= 0.6 is 0 Å². The number of halogens is 1. The molecule has 76 valence electrons. The topological polar surface area (TPSA) is 21.3 Å². The van der Waals surface area contributed by atoms with Crippen LogP contribution in [0.4, 0.5) is 4.39 Å². The van der Waals surface area contributed by atoms with Gasteiger partial charge in [0.2, 0.25) is 0 Å². The van der Waals surface area contributed by atoms with Crippen LogP contribution in [0.1, 0.15) is 12.0 Å². The molecule has 0 spiro atoms. The van der Waals surface area contributed by atoms with E-state index in [9.17, 15) is 4.39 Å². The summed E-state index contributed by atoms with van der Waals surface area (Å²) in [6.07, 6.45) is 1.97. The summed E-state index contributed by atoms with van der Waals surface area (Å²) in [5.41, 5.74) is 1.10. The van der Waals surface area contributed by atoms with Gasteiger partial charge in [0.15, 0.2) is 0 Å². The van der Waals surface area contributed by atoms with Gasteiger partial charge in [-0.25, -0.2) is 4.39 Å². The lowest BCUT2D eigenvalue weighted by molar-refractivity contribution is 0.00194. The molecule has 1 aromatic carbocycles. The van der Waals surface area contributed by atoms with Crippen molar-refractivity contribution in [2.24, 2.45) is 0 Å². The Balaban J connectivity index is 1.92. The van der Waals surface area contributed by atoms with Gasteiger partial charge in [0, 0.05) is 13.0 Å². The Morgan fingerprint density at radius 3 is 2.79 bits per heavy atom. The van der Waals surface area contributed by atoms with Crippen LogP contribution in [0.25, 0.3) is 0 Å². The average Bonchev–Trinajstić information content (AvgIpc) is 2.23. The van der Waals surface area contributed by atoms with E-state index < -0.39 is 0 Å². The summed E-state index contributed by atoms with van der Waals surface area (Å²) in [4.78, 5) is 0. The van der Waals surface area contributed by atoms with Gasteiger partial charge in [0.05, 0.1) is 0 Å². The van der Waals surface area contributed by atoms with E-state index in [1.54, 1.807) is 12.1 Å². The van der Waals surface area contributed by atoms with Crippen molar-refractivity contribution in [3.05, 3.63) is 35.6 Å². The first-order valence-electron chi connectivity index (χ1n) is 4.94. The maximum absolute atomic E-state index is 12.6. The minimum absolute atomic E-state index is 0.0919. The first-order valence-corrected chi connectivity index (χ1v) is 4.94. The molecule has 1 aliphatic heterocycles. The van der Waals surface area contributed by atoms with E-state index in [0.717, 1.165) is 31.6 Å². The fraction of sp³-hybridized carbons (Fsp3) is 0.455. The zero-order valence-corrected chi connectivity index (χ0v) is 8.00. The number of nitrogens with one attached hydrogen (secondary N) is 1. The second-order valence-electron chi connectivity index (χ2n) is 3.50. The molecule has 1 saturated heterocycles. The standard InChI is InChI=1S/C11H14FNO/c12-10-4-2-9(3-5-10)8-11-13-6-1-7-14-11/h2-5,11,13H,1,6-8H2. The summed E-state index contributed by atoms with van der Waals surface area (Å²) in [6, 6.07) is 6.57. The predicted molar refractivity (Wildman–Crippen MR) is 52.5 cm³/mol. The molecule has 1 unspecified atom stereocenters. The van der Waals surface area contributed by atoms with Crippen molar-refractivity contribution in [3.63, 3.8) is 0 Å². The molecule has 0 bridgehead atoms. The van der Waals surface area contributed by atoms with Crippen LogP contribution in [0, 0.1) is 5.82 Å². The summed E-state index contributed by atoms with van der Waals surface area (Å²) in [6.45, 7) is 1.82. The normalized spacial score (nSPS) is 22.2. The summed E-state index contributed by atoms with van der Waals surface area (Å²) in [5, 5.41) is 3.27. The van der Waals surface area contributed by atoms with Gasteiger partial charge in [-0.3, -0.25) is 5.32 Å². The molecule has 0 saturated carbocycles. The van der Waals surface area contributed by atoms with Crippen LogP contribution < -0.4 is 5.32 Å². The Bertz CT molecular complexity index is 280. The number of ether oxygens (including phenoxy) is 1. The molecule has 1 fully saturated rings. The summed E-state index contributed by atoms with van der Waals surface area (Å²) < 4.78 is 18.1. The number of benzene rings is 1. The van der Waals surface area contributed by atoms with Crippen LogP contribution in [0.5, 0.6) is 0 Å². The zero-order valence-electron chi connectivity index (χ0n) is 8.00. The lowest BCUT2D eigenvalue weighted by Gasteiger charge is -2.24. The Hall–Kier alpha value is -0.930. The third-order valence-electron chi connectivity index (χ3n) is 2.35. The van der Waals surface area contributed by atoms with Crippen molar-refractivity contribution < 1.29 is 9.13 Å². The van der Waals surface area contributed by atoms with Crippen LogP contribution in [-0.4, -0.2) is 19.4 Å². The molecule has 1 heterocycles. The first-order chi connectivity index (χ1) is 6.84. The maximum Gasteiger partial charge on any atom is 0.123 e. The van der Waals surface area contributed by atoms with Crippen molar-refractivity contribution >= 4 is 0 Å². The SMILES string of the molecule is Fc1ccc(CC2NCCCO2)cc1. The molecule has 1 atom stereocenters. The molecular formula is C11H14FNO. The summed E-state index contributed by atoms with van der Waals surface area (Å²) >= 11 is 0. The van der Waals surface area contributed by atoms with Crippen molar-refractivity contribution in [2.45, 2.75) is 19.1 Å². The van der Waals surface area contributed by atoms with E-state index in [0.29, 0.717) is 0 Å². The van der Waals surface area contributed by atoms with Crippen molar-refractivity contribution in [2.75, 3.05) is 13.2 Å². The lowest BCUT2D eigenvalue weighted by Crippen LogP contribution is -2.39. The van der Waals surface area contributed by atoms with Gasteiger partial charge < -0.3 is 4.74 Å². The van der Waals surface area contributed by atoms with E-state index in [4.69, 9.17) is 4.74 Å². The van der Waals surface area contributed by atoms with E-state index in [2.05, 4.69) is 5.32 Å². The van der Waals surface area contributed by atoms with Gasteiger partial charge >= 0.3 is 0 Å². The second-order valence-corrected chi connectivity index (χ2v) is 3.50. The molecule has 0 radical (unpaired) electrons. The van der Waals surface area contributed by atoms with Crippen LogP contribution in [0.15, 0.2) is 24.3 Å². The first kappa shape index (κ1) is 9.62. The molecule has 1 N–H and O–H groups in total. The van der Waals surface area contributed by atoms with Gasteiger partial charge in [0.25, 0.3) is 0 Å². The fourth-order valence-corrected chi connectivity index (χ4v) is 1.59. The molecule has 2 rings (SSSR count). The Morgan fingerprint density at radius 2 is 2.14 bits per heavy atom. The molecular weight excluding hydrogens is 181 g/mol. The number of hydrogen-bond donors (Lipinski definition) is 1. The molecule has 0 amide bonds. The van der Waals surface area contributed by atoms with Crippen LogP contribution in [0.3, 0.4) is 0 Å². The number of rotatable bonds is 2. The molecule has 1 aliphatic rings. The Morgan fingerprint density at radius 1 is 1.36 bits per heavy atom. The summed E-state index contributed by atoms with van der Waals surface area (Å²) in [7, 11) is 0. The van der Waals surface area contributed by atoms with Crippen molar-refractivity contribution in [1.29, 1.82) is 0 Å². The minimum Gasteiger partial charge on any atom is -0.363 e. The largest absolute Gasteiger partial charge is 0.363 e. The highest BCUT2D eigenvalue weighted by Gasteiger charge is 2.12. The molecule has 0 aromatic heterocycles. The monoisotopic (exact) mass is 195 g/mol. The van der Waals surface area contributed by atoms with Crippen molar-refractivity contribution in [3.8, 4) is 0 Å². The van der Waals surface area contributed by atoms with E-state index >= 15 is 0 Å². The van der Waals surface area contributed by atoms with Gasteiger partial charge in [-0.05, 0) is 30.7 Å². The fourth-order valence-electron chi connectivity index (χ4n) is 1.59. The van der Waals surface area contributed by atoms with Crippen molar-refractivity contribution in [1.82, 2.24) is 5.32 Å². The van der Waals surface area contributed by atoms with Gasteiger partial charge in [-0.1, -0.05) is 12.1 Å². The molecule has 3 heteroatoms. The Kier molecular flexibility index (Phi) is 3.11. The molecule has 1 aromatic rings. The van der Waals surface area contributed by atoms with E-state index in [-0.39, 0.29) is 12.0 Å². The molecule has 0 aliphatic carbocycles. The summed E-state index contributed by atoms with van der Waals surface area (Å²) in [5.74, 6) is -0.189. The highest BCUT2D eigenvalue weighted by molar-refractivity contribution is 5.16. The number of hydrogen-bond acceptors (Lipinski definition) is 2.